The van der Waals surface area contributed by atoms with Gasteiger partial charge in [0, 0.05) is 17.1 Å². The van der Waals surface area contributed by atoms with E-state index in [0.29, 0.717) is 34.5 Å². The molecule has 1 aromatic heterocycles. The minimum absolute atomic E-state index is 0.354. The molecule has 0 aliphatic rings. The second kappa shape index (κ2) is 7.72. The second-order valence-corrected chi connectivity index (χ2v) is 6.28. The van der Waals surface area contributed by atoms with Gasteiger partial charge in [0.1, 0.15) is 11.4 Å². The van der Waals surface area contributed by atoms with Gasteiger partial charge in [0.05, 0.1) is 17.3 Å². The predicted molar refractivity (Wildman–Crippen MR) is 99.4 cm³/mol. The Labute approximate surface area is 155 Å². The topological polar surface area (TPSA) is 44.1 Å². The fraction of sp³-hybridized carbons (Fsp3) is 0.158. The number of halogens is 2. The van der Waals surface area contributed by atoms with Crippen LogP contribution in [-0.4, -0.2) is 22.7 Å². The van der Waals surface area contributed by atoms with E-state index in [1.165, 1.54) is 0 Å². The Bertz CT molecular complexity index is 889. The van der Waals surface area contributed by atoms with Crippen LogP contribution in [0.25, 0.3) is 5.69 Å². The lowest BCUT2D eigenvalue weighted by molar-refractivity contribution is 0.111. The fourth-order valence-corrected chi connectivity index (χ4v) is 3.05. The molecule has 0 spiro atoms. The maximum atomic E-state index is 11.2. The number of aromatic nitrogens is 2. The molecule has 4 nitrogen and oxygen atoms in total. The van der Waals surface area contributed by atoms with Crippen LogP contribution in [0.5, 0.6) is 5.75 Å². The summed E-state index contributed by atoms with van der Waals surface area (Å²) in [7, 11) is 0. The standard InChI is InChI=1S/C19H16Cl2N2O2/c1-2-25-17-6-3-13(4-7-17)9-16-11-15(12-24)22-23(16)19-8-5-14(20)10-18(19)21/h3-8,10-12H,2,9H2,1H3. The number of hydrogen-bond acceptors (Lipinski definition) is 3. The predicted octanol–water partition coefficient (Wildman–Crippen LogP) is 4.98. The number of rotatable bonds is 6. The summed E-state index contributed by atoms with van der Waals surface area (Å²) in [5.74, 6) is 0.828. The van der Waals surface area contributed by atoms with Crippen LogP contribution in [0.4, 0.5) is 0 Å². The quantitative estimate of drug-likeness (QED) is 0.571. The molecule has 0 aliphatic carbocycles. The van der Waals surface area contributed by atoms with E-state index in [-0.39, 0.29) is 0 Å². The van der Waals surface area contributed by atoms with Crippen molar-refractivity contribution in [2.24, 2.45) is 0 Å². The number of nitrogens with zero attached hydrogens (tertiary/aromatic N) is 2. The highest BCUT2D eigenvalue weighted by Crippen LogP contribution is 2.26. The summed E-state index contributed by atoms with van der Waals surface area (Å²) in [5, 5.41) is 5.35. The Morgan fingerprint density at radius 1 is 1.12 bits per heavy atom. The summed E-state index contributed by atoms with van der Waals surface area (Å²) in [4.78, 5) is 11.2. The van der Waals surface area contributed by atoms with Gasteiger partial charge in [-0.05, 0) is 48.9 Å². The van der Waals surface area contributed by atoms with Crippen molar-refractivity contribution in [3.8, 4) is 11.4 Å². The van der Waals surface area contributed by atoms with Crippen molar-refractivity contribution >= 4 is 29.5 Å². The minimum atomic E-state index is 0.354. The van der Waals surface area contributed by atoms with Crippen molar-refractivity contribution in [2.45, 2.75) is 13.3 Å². The van der Waals surface area contributed by atoms with Crippen molar-refractivity contribution in [2.75, 3.05) is 6.61 Å². The Morgan fingerprint density at radius 2 is 1.88 bits per heavy atom. The molecule has 0 saturated carbocycles. The summed E-state index contributed by atoms with van der Waals surface area (Å²) < 4.78 is 7.14. The number of carbonyl (C=O) groups is 1. The average molecular weight is 375 g/mol. The molecule has 0 atom stereocenters. The number of hydrogen-bond donors (Lipinski definition) is 0. The van der Waals surface area contributed by atoms with Crippen molar-refractivity contribution in [3.63, 3.8) is 0 Å². The maximum Gasteiger partial charge on any atom is 0.170 e. The molecule has 25 heavy (non-hydrogen) atoms. The van der Waals surface area contributed by atoms with E-state index in [0.717, 1.165) is 23.3 Å². The third-order valence-electron chi connectivity index (χ3n) is 3.68. The number of carbonyl (C=O) groups excluding carboxylic acids is 1. The van der Waals surface area contributed by atoms with E-state index in [1.54, 1.807) is 28.9 Å². The molecular weight excluding hydrogens is 359 g/mol. The highest BCUT2D eigenvalue weighted by Gasteiger charge is 2.13. The first-order valence-corrected chi connectivity index (χ1v) is 8.57. The van der Waals surface area contributed by atoms with Crippen molar-refractivity contribution in [1.29, 1.82) is 0 Å². The van der Waals surface area contributed by atoms with Crippen LogP contribution in [0.15, 0.2) is 48.5 Å². The van der Waals surface area contributed by atoms with Crippen LogP contribution >= 0.6 is 23.2 Å². The average Bonchev–Trinajstić information content (AvgIpc) is 3.00. The van der Waals surface area contributed by atoms with Gasteiger partial charge >= 0.3 is 0 Å². The summed E-state index contributed by atoms with van der Waals surface area (Å²) in [6.45, 7) is 2.58. The molecule has 0 bridgehead atoms. The lowest BCUT2D eigenvalue weighted by atomic mass is 10.1. The zero-order valence-electron chi connectivity index (χ0n) is 13.6. The summed E-state index contributed by atoms with van der Waals surface area (Å²) >= 11 is 12.3. The molecule has 128 valence electrons. The lowest BCUT2D eigenvalue weighted by Gasteiger charge is -2.10. The highest BCUT2D eigenvalue weighted by molar-refractivity contribution is 6.35. The maximum absolute atomic E-state index is 11.2. The Balaban J connectivity index is 1.95. The highest BCUT2D eigenvalue weighted by atomic mass is 35.5. The van der Waals surface area contributed by atoms with Crippen molar-refractivity contribution in [1.82, 2.24) is 9.78 Å². The van der Waals surface area contributed by atoms with Gasteiger partial charge in [-0.25, -0.2) is 4.68 Å². The van der Waals surface area contributed by atoms with Gasteiger partial charge in [-0.15, -0.1) is 0 Å². The van der Waals surface area contributed by atoms with Gasteiger partial charge in [-0.1, -0.05) is 35.3 Å². The van der Waals surface area contributed by atoms with Gasteiger partial charge in [0.2, 0.25) is 0 Å². The molecule has 0 amide bonds. The summed E-state index contributed by atoms with van der Waals surface area (Å²) in [6.07, 6.45) is 1.33. The van der Waals surface area contributed by atoms with E-state index < -0.39 is 0 Å². The smallest absolute Gasteiger partial charge is 0.170 e. The molecule has 0 fully saturated rings. The molecule has 0 unspecified atom stereocenters. The van der Waals surface area contributed by atoms with Gasteiger partial charge in [0.25, 0.3) is 0 Å². The van der Waals surface area contributed by atoms with Gasteiger partial charge in [-0.3, -0.25) is 4.79 Å². The first-order chi connectivity index (χ1) is 12.1. The minimum Gasteiger partial charge on any atom is -0.494 e. The van der Waals surface area contributed by atoms with Crippen molar-refractivity contribution < 1.29 is 9.53 Å². The lowest BCUT2D eigenvalue weighted by Crippen LogP contribution is -2.04. The van der Waals surface area contributed by atoms with Gasteiger partial charge < -0.3 is 4.74 Å². The first-order valence-electron chi connectivity index (χ1n) is 7.82. The van der Waals surface area contributed by atoms with Crippen molar-refractivity contribution in [3.05, 3.63) is 75.5 Å². The molecule has 0 radical (unpaired) electrons. The molecule has 1 heterocycles. The Hall–Kier alpha value is -2.30. The first kappa shape index (κ1) is 17.5. The van der Waals surface area contributed by atoms with E-state index in [1.807, 2.05) is 31.2 Å². The van der Waals surface area contributed by atoms with E-state index in [2.05, 4.69) is 5.10 Å². The number of aldehydes is 1. The monoisotopic (exact) mass is 374 g/mol. The summed E-state index contributed by atoms with van der Waals surface area (Å²) in [5.41, 5.74) is 2.97. The zero-order chi connectivity index (χ0) is 17.8. The molecule has 2 aromatic carbocycles. The van der Waals surface area contributed by atoms with Crippen LogP contribution in [0.2, 0.25) is 10.0 Å². The van der Waals surface area contributed by atoms with Crippen LogP contribution in [-0.2, 0) is 6.42 Å². The molecule has 0 saturated heterocycles. The third-order valence-corrected chi connectivity index (χ3v) is 4.22. The fourth-order valence-electron chi connectivity index (χ4n) is 2.56. The normalized spacial score (nSPS) is 10.7. The zero-order valence-corrected chi connectivity index (χ0v) is 15.1. The Morgan fingerprint density at radius 3 is 2.52 bits per heavy atom. The summed E-state index contributed by atoms with van der Waals surface area (Å²) in [6, 6.07) is 14.8. The molecule has 3 rings (SSSR count). The van der Waals surface area contributed by atoms with Crippen LogP contribution in [0.3, 0.4) is 0 Å². The molecule has 3 aromatic rings. The number of benzene rings is 2. The molecule has 0 aliphatic heterocycles. The van der Waals surface area contributed by atoms with E-state index in [9.17, 15) is 4.79 Å². The van der Waals surface area contributed by atoms with Crippen LogP contribution in [0, 0.1) is 0 Å². The third kappa shape index (κ3) is 4.03. The Kier molecular flexibility index (Phi) is 5.41. The molecule has 0 N–H and O–H groups in total. The SMILES string of the molecule is CCOc1ccc(Cc2cc(C=O)nn2-c2ccc(Cl)cc2Cl)cc1. The van der Waals surface area contributed by atoms with Gasteiger partial charge in [-0.2, -0.15) is 5.10 Å². The number of ether oxygens (including phenoxy) is 1. The second-order valence-electron chi connectivity index (χ2n) is 5.44. The largest absolute Gasteiger partial charge is 0.494 e. The molecule has 6 heteroatoms. The van der Waals surface area contributed by atoms with E-state index >= 15 is 0 Å². The van der Waals surface area contributed by atoms with Crippen LogP contribution < -0.4 is 4.74 Å². The molecular formula is C19H16Cl2N2O2. The van der Waals surface area contributed by atoms with Crippen LogP contribution in [0.1, 0.15) is 28.7 Å². The van der Waals surface area contributed by atoms with Gasteiger partial charge in [0.15, 0.2) is 6.29 Å². The van der Waals surface area contributed by atoms with E-state index in [4.69, 9.17) is 27.9 Å².